The van der Waals surface area contributed by atoms with E-state index < -0.39 is 17.6 Å². The number of piperidine rings is 1. The van der Waals surface area contributed by atoms with Crippen LogP contribution in [0.5, 0.6) is 0 Å². The zero-order valence-electron chi connectivity index (χ0n) is 14.2. The van der Waals surface area contributed by atoms with Crippen molar-refractivity contribution >= 4 is 5.91 Å². The molecule has 2 bridgehead atoms. The first kappa shape index (κ1) is 18.2. The Hall–Kier alpha value is -1.63. The van der Waals surface area contributed by atoms with E-state index in [1.807, 2.05) is 11.8 Å². The second-order valence-electron chi connectivity index (χ2n) is 6.97. The van der Waals surface area contributed by atoms with E-state index in [-0.39, 0.29) is 17.9 Å². The van der Waals surface area contributed by atoms with E-state index in [9.17, 15) is 22.4 Å². The van der Waals surface area contributed by atoms with Crippen LogP contribution in [-0.4, -0.2) is 41.4 Å². The lowest BCUT2D eigenvalue weighted by Crippen LogP contribution is -2.48. The summed E-state index contributed by atoms with van der Waals surface area (Å²) in [7, 11) is 0. The van der Waals surface area contributed by atoms with Crippen molar-refractivity contribution in [2.45, 2.75) is 44.9 Å². The molecule has 1 amide bonds. The van der Waals surface area contributed by atoms with Gasteiger partial charge in [0.2, 0.25) is 5.91 Å². The maximum atomic E-state index is 13.8. The molecule has 25 heavy (non-hydrogen) atoms. The minimum Gasteiger partial charge on any atom is -0.338 e. The highest BCUT2D eigenvalue weighted by atomic mass is 19.4. The first-order valence-corrected chi connectivity index (χ1v) is 8.68. The second kappa shape index (κ2) is 6.94. The fraction of sp³-hybridized carbons (Fsp3) is 0.611. The van der Waals surface area contributed by atoms with Gasteiger partial charge in [-0.2, -0.15) is 13.2 Å². The van der Waals surface area contributed by atoms with E-state index in [0.29, 0.717) is 25.2 Å². The summed E-state index contributed by atoms with van der Waals surface area (Å²) in [5.41, 5.74) is -0.738. The van der Waals surface area contributed by atoms with Crippen LogP contribution < -0.4 is 0 Å². The van der Waals surface area contributed by atoms with Crippen LogP contribution in [0.15, 0.2) is 18.2 Å². The summed E-state index contributed by atoms with van der Waals surface area (Å²) >= 11 is 0. The average molecular weight is 358 g/mol. The maximum absolute atomic E-state index is 13.8. The van der Waals surface area contributed by atoms with Crippen LogP contribution in [0.3, 0.4) is 0 Å². The molecule has 0 aliphatic carbocycles. The molecule has 1 aromatic rings. The summed E-state index contributed by atoms with van der Waals surface area (Å²) in [6.07, 6.45) is -1.98. The molecule has 3 fully saturated rings. The van der Waals surface area contributed by atoms with Crippen LogP contribution in [0, 0.1) is 11.7 Å². The van der Waals surface area contributed by atoms with Gasteiger partial charge in [0.25, 0.3) is 0 Å². The number of hydrogen-bond acceptors (Lipinski definition) is 2. The van der Waals surface area contributed by atoms with Crippen molar-refractivity contribution in [2.75, 3.05) is 19.6 Å². The third kappa shape index (κ3) is 3.81. The average Bonchev–Trinajstić information content (AvgIpc) is 2.78. The van der Waals surface area contributed by atoms with Crippen LogP contribution in [0.1, 0.15) is 37.3 Å². The molecular weight excluding hydrogens is 336 g/mol. The third-order valence-electron chi connectivity index (χ3n) is 5.08. The Morgan fingerprint density at radius 2 is 1.96 bits per heavy atom. The predicted octanol–water partition coefficient (Wildman–Crippen LogP) is 3.68. The molecule has 138 valence electrons. The van der Waals surface area contributed by atoms with E-state index in [1.54, 1.807) is 0 Å². The molecule has 4 rings (SSSR count). The summed E-state index contributed by atoms with van der Waals surface area (Å²) in [5, 5.41) is 0. The first-order chi connectivity index (χ1) is 11.8. The van der Waals surface area contributed by atoms with Crippen molar-refractivity contribution < 1.29 is 22.4 Å². The van der Waals surface area contributed by atoms with Gasteiger partial charge in [-0.25, -0.2) is 4.39 Å². The Bertz CT molecular complexity index is 646. The Kier molecular flexibility index (Phi) is 5.04. The van der Waals surface area contributed by atoms with E-state index in [2.05, 4.69) is 4.90 Å². The number of rotatable bonds is 4. The second-order valence-corrected chi connectivity index (χ2v) is 6.97. The molecule has 3 saturated heterocycles. The minimum atomic E-state index is -4.68. The molecule has 3 aliphatic rings. The third-order valence-corrected chi connectivity index (χ3v) is 5.08. The first-order valence-electron chi connectivity index (χ1n) is 8.68. The molecule has 0 unspecified atom stereocenters. The highest BCUT2D eigenvalue weighted by Crippen LogP contribution is 2.33. The fourth-order valence-electron chi connectivity index (χ4n) is 3.94. The number of carbonyl (C=O) groups excluding carboxylic acids is 1. The largest absolute Gasteiger partial charge is 0.419 e. The fourth-order valence-corrected chi connectivity index (χ4v) is 3.94. The van der Waals surface area contributed by atoms with Gasteiger partial charge in [0.05, 0.1) is 11.5 Å². The van der Waals surface area contributed by atoms with Crippen LogP contribution in [-0.2, 0) is 17.5 Å². The highest BCUT2D eigenvalue weighted by molar-refractivity contribution is 5.80. The molecule has 7 heteroatoms. The van der Waals surface area contributed by atoms with Crippen molar-refractivity contribution in [3.05, 3.63) is 35.1 Å². The van der Waals surface area contributed by atoms with Gasteiger partial charge in [0.15, 0.2) is 0 Å². The smallest absolute Gasteiger partial charge is 0.338 e. The molecule has 0 N–H and O–H groups in total. The summed E-state index contributed by atoms with van der Waals surface area (Å²) in [5.74, 6) is -1.13. The van der Waals surface area contributed by atoms with Gasteiger partial charge in [0, 0.05) is 32.2 Å². The number of benzene rings is 1. The Balaban J connectivity index is 1.74. The lowest BCUT2D eigenvalue weighted by atomic mass is 9.94. The Labute approximate surface area is 144 Å². The van der Waals surface area contributed by atoms with E-state index in [1.165, 1.54) is 6.07 Å². The molecule has 0 aromatic heterocycles. The van der Waals surface area contributed by atoms with Gasteiger partial charge in [-0.3, -0.25) is 9.69 Å². The summed E-state index contributed by atoms with van der Waals surface area (Å²) in [6, 6.07) is 3.22. The van der Waals surface area contributed by atoms with E-state index in [0.717, 1.165) is 37.9 Å². The van der Waals surface area contributed by atoms with Gasteiger partial charge in [0.1, 0.15) is 5.82 Å². The van der Waals surface area contributed by atoms with Gasteiger partial charge in [-0.05, 0) is 37.0 Å². The van der Waals surface area contributed by atoms with Crippen molar-refractivity contribution in [1.82, 2.24) is 9.80 Å². The van der Waals surface area contributed by atoms with E-state index in [4.69, 9.17) is 0 Å². The van der Waals surface area contributed by atoms with Gasteiger partial charge >= 0.3 is 6.18 Å². The monoisotopic (exact) mass is 358 g/mol. The molecule has 0 spiro atoms. The number of hydrogen-bond donors (Lipinski definition) is 0. The zero-order valence-corrected chi connectivity index (χ0v) is 14.2. The summed E-state index contributed by atoms with van der Waals surface area (Å²) in [4.78, 5) is 16.5. The SMILES string of the molecule is CCCN1C(=O)[C@H]2CC[C@@H]1CN(Cc1ccc(C(F)(F)F)c(F)c1)C2. The molecule has 3 aliphatic heterocycles. The number of alkyl halides is 3. The molecule has 2 atom stereocenters. The molecule has 3 heterocycles. The molecule has 0 saturated carbocycles. The van der Waals surface area contributed by atoms with Gasteiger partial charge < -0.3 is 4.90 Å². The summed E-state index contributed by atoms with van der Waals surface area (Å²) < 4.78 is 51.8. The van der Waals surface area contributed by atoms with Crippen molar-refractivity contribution in [3.63, 3.8) is 0 Å². The molecule has 0 radical (unpaired) electrons. The van der Waals surface area contributed by atoms with Crippen LogP contribution in [0.25, 0.3) is 0 Å². The number of carbonyl (C=O) groups is 1. The zero-order chi connectivity index (χ0) is 18.2. The lowest BCUT2D eigenvalue weighted by Gasteiger charge is -2.35. The quantitative estimate of drug-likeness (QED) is 0.767. The number of fused-ring (bicyclic) bond motifs is 4. The normalized spacial score (nSPS) is 24.7. The van der Waals surface area contributed by atoms with E-state index >= 15 is 0 Å². The molecular formula is C18H22F4N2O. The maximum Gasteiger partial charge on any atom is 0.419 e. The number of amides is 1. The summed E-state index contributed by atoms with van der Waals surface area (Å²) in [6.45, 7) is 4.40. The van der Waals surface area contributed by atoms with Gasteiger partial charge in [-0.1, -0.05) is 13.0 Å². The van der Waals surface area contributed by atoms with Gasteiger partial charge in [-0.15, -0.1) is 0 Å². The predicted molar refractivity (Wildman–Crippen MR) is 85.2 cm³/mol. The van der Waals surface area contributed by atoms with Crippen molar-refractivity contribution in [2.24, 2.45) is 5.92 Å². The minimum absolute atomic E-state index is 0.0652. The van der Waals surface area contributed by atoms with Crippen molar-refractivity contribution in [1.29, 1.82) is 0 Å². The standard InChI is InChI=1S/C18H22F4N2O/c1-2-7-24-14-5-4-13(17(24)25)10-23(11-14)9-12-3-6-15(16(19)8-12)18(20,21)22/h3,6,8,13-14H,2,4-5,7,9-11H2,1H3/t13-,14+/m0/s1. The van der Waals surface area contributed by atoms with Crippen LogP contribution in [0.4, 0.5) is 17.6 Å². The van der Waals surface area contributed by atoms with Crippen LogP contribution >= 0.6 is 0 Å². The topological polar surface area (TPSA) is 23.6 Å². The number of halogens is 4. The van der Waals surface area contributed by atoms with Crippen LogP contribution in [0.2, 0.25) is 0 Å². The lowest BCUT2D eigenvalue weighted by molar-refractivity contribution is -0.140. The molecule has 3 nitrogen and oxygen atoms in total. The Morgan fingerprint density at radius 1 is 1.20 bits per heavy atom. The Morgan fingerprint density at radius 3 is 2.60 bits per heavy atom. The number of nitrogens with zero attached hydrogens (tertiary/aromatic N) is 2. The molecule has 1 aromatic carbocycles. The van der Waals surface area contributed by atoms with Crippen molar-refractivity contribution in [3.8, 4) is 0 Å². The highest BCUT2D eigenvalue weighted by Gasteiger charge is 2.40.